The van der Waals surface area contributed by atoms with E-state index in [1.807, 2.05) is 36.4 Å². The summed E-state index contributed by atoms with van der Waals surface area (Å²) in [6.45, 7) is 1.23. The number of aromatic carboxylic acids is 1. The predicted octanol–water partition coefficient (Wildman–Crippen LogP) is 1.59. The second kappa shape index (κ2) is 8.72. The quantitative estimate of drug-likeness (QED) is 0.685. The Morgan fingerprint density at radius 1 is 0.960 bits per heavy atom. The van der Waals surface area contributed by atoms with Crippen molar-refractivity contribution in [2.45, 2.75) is 13.1 Å². The Labute approximate surface area is 156 Å². The van der Waals surface area contributed by atoms with Crippen LogP contribution in [-0.2, 0) is 13.1 Å². The van der Waals surface area contributed by atoms with E-state index in [4.69, 9.17) is 21.1 Å². The second-order valence-electron chi connectivity index (χ2n) is 5.38. The molecule has 130 valence electrons. The molecule has 3 rings (SSSR count). The van der Waals surface area contributed by atoms with Gasteiger partial charge in [-0.15, -0.1) is 0 Å². The third kappa shape index (κ3) is 5.10. The molecule has 2 aromatic carbocycles. The zero-order valence-electron chi connectivity index (χ0n) is 13.2. The highest BCUT2D eigenvalue weighted by atomic mass is 35.5. The molecule has 0 bridgehead atoms. The minimum absolute atomic E-state index is 0. The number of benzene rings is 2. The van der Waals surface area contributed by atoms with Crippen molar-refractivity contribution in [3.8, 4) is 11.3 Å². The highest BCUT2D eigenvalue weighted by molar-refractivity contribution is 6.30. The smallest absolute Gasteiger partial charge is 0.335 e. The van der Waals surface area contributed by atoms with Gasteiger partial charge in [-0.05, 0) is 54.1 Å². The maximum atomic E-state index is 10.8. The first-order chi connectivity index (χ1) is 11.6. The van der Waals surface area contributed by atoms with E-state index in [1.54, 1.807) is 24.3 Å². The van der Waals surface area contributed by atoms with Gasteiger partial charge in [0.05, 0.1) is 12.1 Å². The van der Waals surface area contributed by atoms with Crippen LogP contribution in [0.1, 0.15) is 21.7 Å². The van der Waals surface area contributed by atoms with Crippen molar-refractivity contribution < 1.29 is 26.7 Å². The molecule has 1 heterocycles. The molecule has 0 amide bonds. The first-order valence-corrected chi connectivity index (χ1v) is 7.87. The summed E-state index contributed by atoms with van der Waals surface area (Å²) >= 11 is 5.88. The highest BCUT2D eigenvalue weighted by Crippen LogP contribution is 2.23. The molecule has 25 heavy (non-hydrogen) atoms. The number of furan rings is 1. The number of hydrogen-bond acceptors (Lipinski definition) is 3. The fraction of sp³-hybridized carbons (Fsp3) is 0.105. The van der Waals surface area contributed by atoms with E-state index in [0.29, 0.717) is 18.1 Å². The predicted molar refractivity (Wildman–Crippen MR) is 93.1 cm³/mol. The van der Waals surface area contributed by atoms with Crippen LogP contribution >= 0.6 is 11.6 Å². The molecule has 0 unspecified atom stereocenters. The maximum Gasteiger partial charge on any atom is 0.335 e. The minimum atomic E-state index is -0.917. The molecule has 1 aromatic heterocycles. The third-order valence-electron chi connectivity index (χ3n) is 3.62. The summed E-state index contributed by atoms with van der Waals surface area (Å²) in [7, 11) is 0. The summed E-state index contributed by atoms with van der Waals surface area (Å²) in [6, 6.07) is 18.2. The zero-order chi connectivity index (χ0) is 16.9. The Kier molecular flexibility index (Phi) is 6.65. The summed E-state index contributed by atoms with van der Waals surface area (Å²) in [5.74, 6) is 0.719. The van der Waals surface area contributed by atoms with E-state index in [9.17, 15) is 4.79 Å². The molecule has 0 saturated carbocycles. The molecule has 4 nitrogen and oxygen atoms in total. The lowest BCUT2D eigenvalue weighted by molar-refractivity contribution is -0.0000208. The molecule has 0 aliphatic rings. The van der Waals surface area contributed by atoms with E-state index in [-0.39, 0.29) is 18.0 Å². The summed E-state index contributed by atoms with van der Waals surface area (Å²) in [6.07, 6.45) is 0. The molecule has 0 spiro atoms. The molecule has 0 fully saturated rings. The van der Waals surface area contributed by atoms with Gasteiger partial charge in [-0.25, -0.2) is 4.79 Å². The summed E-state index contributed by atoms with van der Waals surface area (Å²) in [5.41, 5.74) is 2.29. The van der Waals surface area contributed by atoms with Gasteiger partial charge in [-0.3, -0.25) is 0 Å². The molecule has 3 aromatic rings. The van der Waals surface area contributed by atoms with Gasteiger partial charge in [0.25, 0.3) is 0 Å². The first kappa shape index (κ1) is 19.1. The van der Waals surface area contributed by atoms with Gasteiger partial charge >= 0.3 is 5.97 Å². The van der Waals surface area contributed by atoms with Crippen LogP contribution in [0.2, 0.25) is 5.02 Å². The van der Waals surface area contributed by atoms with E-state index >= 15 is 0 Å². The number of carbonyl (C=O) groups is 1. The molecule has 0 radical (unpaired) electrons. The van der Waals surface area contributed by atoms with Crippen LogP contribution in [0.4, 0.5) is 0 Å². The number of carboxylic acid groups (broad SMARTS) is 1. The van der Waals surface area contributed by atoms with Crippen LogP contribution in [-0.4, -0.2) is 11.1 Å². The largest absolute Gasteiger partial charge is 1.00 e. The Morgan fingerprint density at radius 3 is 2.28 bits per heavy atom. The number of hydrogen-bond donors (Lipinski definition) is 2. The fourth-order valence-corrected chi connectivity index (χ4v) is 2.46. The van der Waals surface area contributed by atoms with E-state index in [2.05, 4.69) is 5.32 Å². The molecule has 2 N–H and O–H groups in total. The van der Waals surface area contributed by atoms with Crippen molar-refractivity contribution in [1.82, 2.24) is 5.32 Å². The monoisotopic (exact) mass is 376 g/mol. The number of nitrogens with one attached hydrogen (secondary N) is 1. The van der Waals surface area contributed by atoms with Crippen LogP contribution in [0.3, 0.4) is 0 Å². The van der Waals surface area contributed by atoms with Crippen LogP contribution in [0.25, 0.3) is 11.3 Å². The normalized spacial score (nSPS) is 10.3. The molecule has 0 saturated heterocycles. The average Bonchev–Trinajstić information content (AvgIpc) is 3.05. The first-order valence-electron chi connectivity index (χ1n) is 7.49. The summed E-state index contributed by atoms with van der Waals surface area (Å²) < 4.78 is 5.81. The van der Waals surface area contributed by atoms with E-state index in [1.165, 1.54) is 0 Å². The van der Waals surface area contributed by atoms with Crippen molar-refractivity contribution in [3.05, 3.63) is 82.6 Å². The number of halogens is 2. The summed E-state index contributed by atoms with van der Waals surface area (Å²) in [4.78, 5) is 10.8. The average molecular weight is 377 g/mol. The van der Waals surface area contributed by atoms with Crippen molar-refractivity contribution in [1.29, 1.82) is 0 Å². The van der Waals surface area contributed by atoms with Crippen molar-refractivity contribution in [2.24, 2.45) is 0 Å². The standard InChI is InChI=1S/C19H16ClNO3.ClH/c20-16-7-5-14(6-8-16)18-10-9-17(24-18)12-21-11-13-1-3-15(4-2-13)19(22)23;/h1-10,21H,11-12H2,(H,22,23);1H/p-1. The van der Waals surface area contributed by atoms with Gasteiger partial charge in [0, 0.05) is 17.1 Å². The third-order valence-corrected chi connectivity index (χ3v) is 3.87. The lowest BCUT2D eigenvalue weighted by atomic mass is 10.1. The molecule has 0 atom stereocenters. The van der Waals surface area contributed by atoms with Crippen molar-refractivity contribution in [2.75, 3.05) is 0 Å². The van der Waals surface area contributed by atoms with Gasteiger partial charge in [0.15, 0.2) is 0 Å². The minimum Gasteiger partial charge on any atom is -1.00 e. The topological polar surface area (TPSA) is 62.5 Å². The molecular weight excluding hydrogens is 361 g/mol. The Balaban J connectivity index is 0.00000225. The summed E-state index contributed by atoms with van der Waals surface area (Å²) in [5, 5.41) is 12.9. The van der Waals surface area contributed by atoms with Crippen LogP contribution in [0.15, 0.2) is 65.1 Å². The van der Waals surface area contributed by atoms with Crippen LogP contribution in [0, 0.1) is 0 Å². The molecular formula is C19H16Cl2NO3-. The van der Waals surface area contributed by atoms with Crippen LogP contribution in [0.5, 0.6) is 0 Å². The lowest BCUT2D eigenvalue weighted by Gasteiger charge is -2.04. The fourth-order valence-electron chi connectivity index (χ4n) is 2.34. The van der Waals surface area contributed by atoms with Crippen LogP contribution < -0.4 is 17.7 Å². The van der Waals surface area contributed by atoms with Gasteiger partial charge in [-0.1, -0.05) is 23.7 Å². The number of rotatable bonds is 6. The second-order valence-corrected chi connectivity index (χ2v) is 5.81. The van der Waals surface area contributed by atoms with E-state index < -0.39 is 5.97 Å². The zero-order valence-corrected chi connectivity index (χ0v) is 14.7. The molecule has 0 aliphatic carbocycles. The Morgan fingerprint density at radius 2 is 1.64 bits per heavy atom. The SMILES string of the molecule is O=C(O)c1ccc(CNCc2ccc(-c3ccc(Cl)cc3)o2)cc1.[Cl-]. The van der Waals surface area contributed by atoms with Crippen molar-refractivity contribution >= 4 is 17.6 Å². The lowest BCUT2D eigenvalue weighted by Crippen LogP contribution is -3.00. The highest BCUT2D eigenvalue weighted by Gasteiger charge is 2.05. The molecule has 0 aliphatic heterocycles. The Hall–Kier alpha value is -2.27. The van der Waals surface area contributed by atoms with Gasteiger partial charge < -0.3 is 27.2 Å². The van der Waals surface area contributed by atoms with Gasteiger partial charge in [0.2, 0.25) is 0 Å². The maximum absolute atomic E-state index is 10.8. The van der Waals surface area contributed by atoms with Gasteiger partial charge in [0.1, 0.15) is 11.5 Å². The van der Waals surface area contributed by atoms with E-state index in [0.717, 1.165) is 22.6 Å². The Bertz CT molecular complexity index is 827. The number of carboxylic acids is 1. The van der Waals surface area contributed by atoms with Crippen molar-refractivity contribution in [3.63, 3.8) is 0 Å². The molecule has 6 heteroatoms. The van der Waals surface area contributed by atoms with Gasteiger partial charge in [-0.2, -0.15) is 0 Å².